The fraction of sp³-hybridized carbons (Fsp3) is 0.107. The van der Waals surface area contributed by atoms with Gasteiger partial charge in [0, 0.05) is 22.4 Å². The second-order valence-corrected chi connectivity index (χ2v) is 16.7. The molecule has 1 atom stereocenters. The minimum Gasteiger partial charge on any atom is -0.310 e. The molecule has 0 saturated carbocycles. The molecule has 1 heteroatoms. The van der Waals surface area contributed by atoms with E-state index < -0.39 is 0 Å². The van der Waals surface area contributed by atoms with E-state index in [-0.39, 0.29) is 10.8 Å². The molecule has 0 saturated heterocycles. The molecular weight excluding hydrogens is 687 g/mol. The molecule has 0 spiro atoms. The van der Waals surface area contributed by atoms with Gasteiger partial charge in [0.1, 0.15) is 0 Å². The van der Waals surface area contributed by atoms with Crippen molar-refractivity contribution < 1.29 is 0 Å². The molecule has 0 heterocycles. The predicted octanol–water partition coefficient (Wildman–Crippen LogP) is 15.4. The van der Waals surface area contributed by atoms with Gasteiger partial charge >= 0.3 is 0 Å². The van der Waals surface area contributed by atoms with Crippen molar-refractivity contribution in [1.82, 2.24) is 0 Å². The van der Waals surface area contributed by atoms with Gasteiger partial charge in [-0.3, -0.25) is 0 Å². The summed E-state index contributed by atoms with van der Waals surface area (Å²) < 4.78 is 0. The predicted molar refractivity (Wildman–Crippen MR) is 243 cm³/mol. The van der Waals surface area contributed by atoms with Gasteiger partial charge in [-0.2, -0.15) is 0 Å². The smallest absolute Gasteiger partial charge is 0.0543 e. The third kappa shape index (κ3) is 5.77. The number of anilines is 3. The molecule has 9 aromatic rings. The lowest BCUT2D eigenvalue weighted by Gasteiger charge is -2.31. The van der Waals surface area contributed by atoms with Crippen molar-refractivity contribution in [2.75, 3.05) is 4.90 Å². The molecule has 1 aliphatic rings. The van der Waals surface area contributed by atoms with Crippen LogP contribution in [-0.4, -0.2) is 0 Å². The first-order chi connectivity index (χ1) is 27.8. The molecule has 274 valence electrons. The molecule has 0 aromatic heterocycles. The SMILES string of the molecule is CC(C)(C)c1ccc(C2(C)c3ccccc3-c3c(N(c4ccc(-c5cccc6ccccc56)cc4)c4ccc(-c5cccc6ccccc56)cc4)cccc32)cc1. The van der Waals surface area contributed by atoms with Crippen molar-refractivity contribution in [3.63, 3.8) is 0 Å². The highest BCUT2D eigenvalue weighted by Gasteiger charge is 2.42. The second-order valence-electron chi connectivity index (χ2n) is 16.7. The minimum atomic E-state index is -0.319. The lowest BCUT2D eigenvalue weighted by molar-refractivity contribution is 0.589. The van der Waals surface area contributed by atoms with E-state index in [9.17, 15) is 0 Å². The maximum atomic E-state index is 2.46. The van der Waals surface area contributed by atoms with E-state index in [0.717, 1.165) is 11.4 Å². The molecule has 1 aliphatic carbocycles. The van der Waals surface area contributed by atoms with Gasteiger partial charge in [0.15, 0.2) is 0 Å². The summed E-state index contributed by atoms with van der Waals surface area (Å²) in [5.74, 6) is 0. The van der Waals surface area contributed by atoms with Crippen LogP contribution >= 0.6 is 0 Å². The summed E-state index contributed by atoms with van der Waals surface area (Å²) >= 11 is 0. The molecule has 10 rings (SSSR count). The Balaban J connectivity index is 1.15. The Morgan fingerprint density at radius 1 is 0.404 bits per heavy atom. The van der Waals surface area contributed by atoms with Gasteiger partial charge in [0.05, 0.1) is 5.69 Å². The van der Waals surface area contributed by atoms with Crippen LogP contribution in [0.15, 0.2) is 200 Å². The third-order valence-electron chi connectivity index (χ3n) is 12.3. The Morgan fingerprint density at radius 2 is 0.860 bits per heavy atom. The zero-order valence-electron chi connectivity index (χ0n) is 33.0. The maximum absolute atomic E-state index is 2.46. The Labute approximate surface area is 336 Å². The van der Waals surface area contributed by atoms with Crippen molar-refractivity contribution in [2.24, 2.45) is 0 Å². The van der Waals surface area contributed by atoms with Crippen LogP contribution in [0.4, 0.5) is 17.1 Å². The van der Waals surface area contributed by atoms with Crippen LogP contribution in [0.5, 0.6) is 0 Å². The monoisotopic (exact) mass is 731 g/mol. The van der Waals surface area contributed by atoms with E-state index in [4.69, 9.17) is 0 Å². The zero-order chi connectivity index (χ0) is 38.7. The van der Waals surface area contributed by atoms with Gasteiger partial charge in [-0.25, -0.2) is 0 Å². The molecular formula is C56H45N. The summed E-state index contributed by atoms with van der Waals surface area (Å²) in [5, 5.41) is 5.03. The maximum Gasteiger partial charge on any atom is 0.0543 e. The summed E-state index contributed by atoms with van der Waals surface area (Å²) in [7, 11) is 0. The number of fused-ring (bicyclic) bond motifs is 5. The normalized spacial score (nSPS) is 14.7. The molecule has 57 heavy (non-hydrogen) atoms. The van der Waals surface area contributed by atoms with E-state index in [1.54, 1.807) is 0 Å². The topological polar surface area (TPSA) is 3.24 Å². The lowest BCUT2D eigenvalue weighted by Crippen LogP contribution is -2.23. The Bertz CT molecular complexity index is 2800. The zero-order valence-corrected chi connectivity index (χ0v) is 33.0. The Hall–Kier alpha value is -6.70. The van der Waals surface area contributed by atoms with Crippen molar-refractivity contribution in [1.29, 1.82) is 0 Å². The fourth-order valence-corrected chi connectivity index (χ4v) is 9.28. The van der Waals surface area contributed by atoms with Gasteiger partial charge < -0.3 is 4.90 Å². The molecule has 1 nitrogen and oxygen atoms in total. The van der Waals surface area contributed by atoms with Crippen LogP contribution in [0.3, 0.4) is 0 Å². The summed E-state index contributed by atoms with van der Waals surface area (Å²) in [6.45, 7) is 9.27. The first kappa shape index (κ1) is 34.8. The van der Waals surface area contributed by atoms with E-state index in [2.05, 4.69) is 233 Å². The van der Waals surface area contributed by atoms with Crippen LogP contribution in [0.2, 0.25) is 0 Å². The first-order valence-corrected chi connectivity index (χ1v) is 20.1. The first-order valence-electron chi connectivity index (χ1n) is 20.1. The Kier molecular flexibility index (Phi) is 8.23. The quantitative estimate of drug-likeness (QED) is 0.165. The highest BCUT2D eigenvalue weighted by atomic mass is 15.1. The van der Waals surface area contributed by atoms with Crippen LogP contribution in [-0.2, 0) is 10.8 Å². The van der Waals surface area contributed by atoms with Crippen LogP contribution in [0, 0.1) is 0 Å². The van der Waals surface area contributed by atoms with E-state index in [1.165, 1.54) is 82.9 Å². The van der Waals surface area contributed by atoms with Crippen molar-refractivity contribution >= 4 is 38.6 Å². The van der Waals surface area contributed by atoms with Crippen LogP contribution < -0.4 is 4.90 Å². The molecule has 0 aliphatic heterocycles. The van der Waals surface area contributed by atoms with E-state index in [1.807, 2.05) is 0 Å². The average molecular weight is 732 g/mol. The van der Waals surface area contributed by atoms with Crippen molar-refractivity contribution in [3.05, 3.63) is 222 Å². The van der Waals surface area contributed by atoms with Gasteiger partial charge in [0.2, 0.25) is 0 Å². The van der Waals surface area contributed by atoms with Gasteiger partial charge in [-0.05, 0) is 114 Å². The molecule has 1 unspecified atom stereocenters. The van der Waals surface area contributed by atoms with E-state index >= 15 is 0 Å². The Morgan fingerprint density at radius 3 is 1.42 bits per heavy atom. The van der Waals surface area contributed by atoms with Crippen molar-refractivity contribution in [2.45, 2.75) is 38.5 Å². The molecule has 0 N–H and O–H groups in total. The number of rotatable bonds is 6. The largest absolute Gasteiger partial charge is 0.310 e. The number of hydrogen-bond acceptors (Lipinski definition) is 1. The summed E-state index contributed by atoms with van der Waals surface area (Å²) in [6, 6.07) is 74.1. The van der Waals surface area contributed by atoms with Gasteiger partial charge in [0.25, 0.3) is 0 Å². The van der Waals surface area contributed by atoms with Crippen LogP contribution in [0.25, 0.3) is 54.9 Å². The lowest BCUT2D eigenvalue weighted by atomic mass is 9.73. The highest BCUT2D eigenvalue weighted by Crippen LogP contribution is 2.57. The summed E-state index contributed by atoms with van der Waals surface area (Å²) in [4.78, 5) is 2.46. The molecule has 0 radical (unpaired) electrons. The molecule has 9 aromatic carbocycles. The second kappa shape index (κ2) is 13.5. The van der Waals surface area contributed by atoms with Gasteiger partial charge in [-0.15, -0.1) is 0 Å². The fourth-order valence-electron chi connectivity index (χ4n) is 9.28. The number of benzene rings is 9. The third-order valence-corrected chi connectivity index (χ3v) is 12.3. The average Bonchev–Trinajstić information content (AvgIpc) is 3.53. The standard InChI is InChI=1S/C56H45N/c1-55(2,3)42-30-32-43(33-31-42)56(4)51-23-10-9-20-50(51)54-52(56)24-13-25-53(54)57(44-34-26-40(27-35-44)48-21-11-16-38-14-5-7-18-46(38)48)45-36-28-41(29-37-45)49-22-12-17-39-15-6-8-19-47(39)49/h5-37H,1-4H3. The summed E-state index contributed by atoms with van der Waals surface area (Å²) in [6.07, 6.45) is 0. The number of nitrogens with zero attached hydrogens (tertiary/aromatic N) is 1. The van der Waals surface area contributed by atoms with E-state index in [0.29, 0.717) is 0 Å². The van der Waals surface area contributed by atoms with Gasteiger partial charge in [-0.1, -0.05) is 191 Å². The van der Waals surface area contributed by atoms with Crippen molar-refractivity contribution in [3.8, 4) is 33.4 Å². The highest BCUT2D eigenvalue weighted by molar-refractivity contribution is 6.00. The molecule has 0 fully saturated rings. The molecule has 0 bridgehead atoms. The molecule has 0 amide bonds. The van der Waals surface area contributed by atoms with Crippen LogP contribution in [0.1, 0.15) is 49.9 Å². The number of hydrogen-bond donors (Lipinski definition) is 0. The minimum absolute atomic E-state index is 0.0882. The summed E-state index contributed by atoms with van der Waals surface area (Å²) in [5.41, 5.74) is 16.0.